The molecule has 7 heteroatoms. The van der Waals surface area contributed by atoms with Crippen LogP contribution in [0.2, 0.25) is 0 Å². The summed E-state index contributed by atoms with van der Waals surface area (Å²) >= 11 is 0. The predicted octanol–water partition coefficient (Wildman–Crippen LogP) is 5.64. The van der Waals surface area contributed by atoms with Gasteiger partial charge in [0.1, 0.15) is 11.6 Å². The zero-order chi connectivity index (χ0) is 27.7. The summed E-state index contributed by atoms with van der Waals surface area (Å²) in [6.45, 7) is 11.2. The second-order valence-electron chi connectivity index (χ2n) is 10.2. The molecule has 1 aliphatic rings. The van der Waals surface area contributed by atoms with Gasteiger partial charge in [-0.3, -0.25) is 4.90 Å². The highest BCUT2D eigenvalue weighted by atomic mass is 19.1. The van der Waals surface area contributed by atoms with Gasteiger partial charge in [0.25, 0.3) is 0 Å². The topological polar surface area (TPSA) is 68.2 Å². The Bertz CT molecular complexity index is 1090. The molecule has 1 N–H and O–H groups in total. The fourth-order valence-corrected chi connectivity index (χ4v) is 4.86. The maximum absolute atomic E-state index is 14.0. The van der Waals surface area contributed by atoms with E-state index in [1.165, 1.54) is 6.08 Å². The minimum absolute atomic E-state index is 0.0390. The molecule has 1 fully saturated rings. The number of ether oxygens (including phenoxy) is 3. The van der Waals surface area contributed by atoms with E-state index in [2.05, 4.69) is 4.90 Å². The lowest BCUT2D eigenvalue weighted by Gasteiger charge is -2.28. The summed E-state index contributed by atoms with van der Waals surface area (Å²) in [5.74, 6) is 0.0608. The fourth-order valence-electron chi connectivity index (χ4n) is 4.86. The quantitative estimate of drug-likeness (QED) is 0.269. The van der Waals surface area contributed by atoms with Crippen molar-refractivity contribution in [3.05, 3.63) is 70.5 Å². The van der Waals surface area contributed by atoms with Gasteiger partial charge in [-0.25, -0.2) is 9.18 Å². The zero-order valence-corrected chi connectivity index (χ0v) is 23.3. The van der Waals surface area contributed by atoms with Crippen molar-refractivity contribution in [1.82, 2.24) is 4.90 Å². The van der Waals surface area contributed by atoms with Gasteiger partial charge < -0.3 is 19.3 Å². The van der Waals surface area contributed by atoms with Crippen molar-refractivity contribution < 1.29 is 28.5 Å². The molecule has 3 atom stereocenters. The number of halogens is 1. The summed E-state index contributed by atoms with van der Waals surface area (Å²) in [7, 11) is 0. The minimum Gasteiger partial charge on any atom is -0.490 e. The van der Waals surface area contributed by atoms with Crippen LogP contribution < -0.4 is 4.74 Å². The van der Waals surface area contributed by atoms with Gasteiger partial charge in [0.2, 0.25) is 0 Å². The van der Waals surface area contributed by atoms with Gasteiger partial charge in [-0.2, -0.15) is 0 Å². The number of aliphatic hydroxyl groups excluding tert-OH is 1. The third-order valence-corrected chi connectivity index (χ3v) is 6.76. The average molecular weight is 528 g/mol. The third-order valence-electron chi connectivity index (χ3n) is 6.76. The van der Waals surface area contributed by atoms with Crippen LogP contribution in [-0.4, -0.2) is 60.5 Å². The summed E-state index contributed by atoms with van der Waals surface area (Å²) in [6.07, 6.45) is 4.89. The SMILES string of the molecule is CCOC(=O)/C=C/c1c(OC(C)C)cccc1[C@@H](C)OC[C@H](O)CN1CCC[C@H]1Cc1ccc(C)c(F)c1. The molecule has 0 saturated carbocycles. The number of rotatable bonds is 13. The van der Waals surface area contributed by atoms with Crippen molar-refractivity contribution >= 4 is 12.0 Å². The molecular weight excluding hydrogens is 485 g/mol. The van der Waals surface area contributed by atoms with E-state index < -0.39 is 12.1 Å². The lowest BCUT2D eigenvalue weighted by atomic mass is 10.0. The average Bonchev–Trinajstić information content (AvgIpc) is 3.29. The molecule has 0 radical (unpaired) electrons. The van der Waals surface area contributed by atoms with Crippen LogP contribution in [0, 0.1) is 12.7 Å². The summed E-state index contributed by atoms with van der Waals surface area (Å²) in [5.41, 5.74) is 3.24. The first kappa shape index (κ1) is 29.8. The normalized spacial score (nSPS) is 17.7. The summed E-state index contributed by atoms with van der Waals surface area (Å²) in [6, 6.07) is 11.4. The molecule has 6 nitrogen and oxygen atoms in total. The van der Waals surface area contributed by atoms with Gasteiger partial charge in [0.05, 0.1) is 31.5 Å². The van der Waals surface area contributed by atoms with E-state index in [9.17, 15) is 14.3 Å². The summed E-state index contributed by atoms with van der Waals surface area (Å²) < 4.78 is 31.1. The number of nitrogens with zero attached hydrogens (tertiary/aromatic N) is 1. The Kier molecular flexibility index (Phi) is 11.3. The largest absolute Gasteiger partial charge is 0.490 e. The van der Waals surface area contributed by atoms with Crippen LogP contribution in [0.5, 0.6) is 5.75 Å². The molecule has 2 aromatic rings. The zero-order valence-electron chi connectivity index (χ0n) is 23.3. The van der Waals surface area contributed by atoms with E-state index in [4.69, 9.17) is 14.2 Å². The molecule has 0 unspecified atom stereocenters. The predicted molar refractivity (Wildman–Crippen MR) is 148 cm³/mol. The smallest absolute Gasteiger partial charge is 0.330 e. The van der Waals surface area contributed by atoms with E-state index in [1.807, 2.05) is 51.1 Å². The van der Waals surface area contributed by atoms with Crippen LogP contribution in [0.4, 0.5) is 4.39 Å². The molecule has 1 heterocycles. The minimum atomic E-state index is -0.665. The third kappa shape index (κ3) is 8.65. The highest BCUT2D eigenvalue weighted by Gasteiger charge is 2.27. The van der Waals surface area contributed by atoms with Crippen LogP contribution in [-0.2, 0) is 20.7 Å². The second kappa shape index (κ2) is 14.4. The van der Waals surface area contributed by atoms with Crippen molar-refractivity contribution in [1.29, 1.82) is 0 Å². The molecule has 0 spiro atoms. The highest BCUT2D eigenvalue weighted by molar-refractivity contribution is 5.88. The molecule has 1 saturated heterocycles. The van der Waals surface area contributed by atoms with Crippen molar-refractivity contribution in [2.24, 2.45) is 0 Å². The van der Waals surface area contributed by atoms with E-state index >= 15 is 0 Å². The Hall–Kier alpha value is -2.74. The van der Waals surface area contributed by atoms with Crippen molar-refractivity contribution in [3.8, 4) is 5.75 Å². The molecule has 0 aromatic heterocycles. The number of aryl methyl sites for hydroxylation is 1. The van der Waals surface area contributed by atoms with Crippen molar-refractivity contribution in [2.75, 3.05) is 26.3 Å². The number of benzene rings is 2. The fraction of sp³-hybridized carbons (Fsp3) is 0.516. The van der Waals surface area contributed by atoms with Gasteiger partial charge in [0.15, 0.2) is 0 Å². The highest BCUT2D eigenvalue weighted by Crippen LogP contribution is 2.31. The number of carbonyl (C=O) groups excluding carboxylic acids is 1. The van der Waals surface area contributed by atoms with Crippen LogP contribution in [0.25, 0.3) is 6.08 Å². The molecule has 0 bridgehead atoms. The Labute approximate surface area is 226 Å². The van der Waals surface area contributed by atoms with Gasteiger partial charge in [-0.1, -0.05) is 24.3 Å². The number of β-amino-alcohol motifs (C(OH)–C–C–N with tert-alkyl or cyclic N) is 1. The number of esters is 1. The van der Waals surface area contributed by atoms with E-state index in [0.717, 1.165) is 42.5 Å². The standard InChI is InChI=1S/C31H42FNO5/c1-6-36-31(35)15-14-28-27(10-7-11-30(28)38-21(2)3)23(5)37-20-26(34)19-33-16-8-9-25(33)17-24-13-12-22(4)29(32)18-24/h7,10-15,18,21,23,25-26,34H,6,8-9,16-17,19-20H2,1-5H3/b15-14+/t23-,25+,26-/m1/s1. The molecule has 0 aliphatic carbocycles. The molecule has 3 rings (SSSR count). The van der Waals surface area contributed by atoms with Gasteiger partial charge >= 0.3 is 5.97 Å². The first-order chi connectivity index (χ1) is 18.2. The van der Waals surface area contributed by atoms with Gasteiger partial charge in [0, 0.05) is 24.2 Å². The Morgan fingerprint density at radius 3 is 2.74 bits per heavy atom. The molecule has 208 valence electrons. The Morgan fingerprint density at radius 2 is 2.03 bits per heavy atom. The maximum Gasteiger partial charge on any atom is 0.330 e. The maximum atomic E-state index is 14.0. The van der Waals surface area contributed by atoms with Gasteiger partial charge in [-0.05, 0) is 95.3 Å². The van der Waals surface area contributed by atoms with Crippen molar-refractivity contribution in [2.45, 2.75) is 78.2 Å². The van der Waals surface area contributed by atoms with Gasteiger partial charge in [-0.15, -0.1) is 0 Å². The molecular formula is C31H42FNO5. The van der Waals surface area contributed by atoms with Crippen LogP contribution >= 0.6 is 0 Å². The molecule has 38 heavy (non-hydrogen) atoms. The first-order valence-electron chi connectivity index (χ1n) is 13.6. The molecule has 1 aliphatic heterocycles. The van der Waals surface area contributed by atoms with E-state index in [0.29, 0.717) is 24.5 Å². The Morgan fingerprint density at radius 1 is 1.24 bits per heavy atom. The van der Waals surface area contributed by atoms with Crippen molar-refractivity contribution in [3.63, 3.8) is 0 Å². The van der Waals surface area contributed by atoms with Crippen LogP contribution in [0.15, 0.2) is 42.5 Å². The molecule has 0 amide bonds. The number of hydrogen-bond donors (Lipinski definition) is 1. The first-order valence-corrected chi connectivity index (χ1v) is 13.6. The second-order valence-corrected chi connectivity index (χ2v) is 10.2. The number of hydrogen-bond acceptors (Lipinski definition) is 6. The number of carbonyl (C=O) groups is 1. The monoisotopic (exact) mass is 527 g/mol. The van der Waals surface area contributed by atoms with E-state index in [1.54, 1.807) is 26.0 Å². The van der Waals surface area contributed by atoms with Crippen LogP contribution in [0.3, 0.4) is 0 Å². The van der Waals surface area contributed by atoms with E-state index in [-0.39, 0.29) is 30.7 Å². The number of likely N-dealkylation sites (tertiary alicyclic amines) is 1. The molecule has 2 aromatic carbocycles. The number of aliphatic hydroxyl groups is 1. The lowest BCUT2D eigenvalue weighted by Crippen LogP contribution is -2.39. The van der Waals surface area contributed by atoms with Crippen LogP contribution in [0.1, 0.15) is 68.9 Å². The summed E-state index contributed by atoms with van der Waals surface area (Å²) in [4.78, 5) is 14.2. The Balaban J connectivity index is 1.63. The lowest BCUT2D eigenvalue weighted by molar-refractivity contribution is -0.137. The summed E-state index contributed by atoms with van der Waals surface area (Å²) in [5, 5.41) is 10.8.